The molecule has 0 saturated heterocycles. The van der Waals surface area contributed by atoms with Crippen LogP contribution in [-0.4, -0.2) is 16.1 Å². The molecule has 2 N–H and O–H groups in total. The summed E-state index contributed by atoms with van der Waals surface area (Å²) < 4.78 is 5.34. The Hall–Kier alpha value is -1.85. The molecule has 17 heavy (non-hydrogen) atoms. The molecule has 0 fully saturated rings. The normalized spacial score (nSPS) is 10.3. The quantitative estimate of drug-likeness (QED) is 0.636. The van der Waals surface area contributed by atoms with Gasteiger partial charge in [0.1, 0.15) is 5.76 Å². The molecule has 0 bridgehead atoms. The average molecular weight is 253 g/mol. The molecule has 1 aromatic carbocycles. The number of benzene rings is 1. The van der Waals surface area contributed by atoms with Crippen molar-refractivity contribution in [2.24, 2.45) is 0 Å². The summed E-state index contributed by atoms with van der Waals surface area (Å²) in [6.45, 7) is 1.59. The van der Waals surface area contributed by atoms with Gasteiger partial charge in [0.2, 0.25) is 5.89 Å². The largest absolute Gasteiger partial charge is 0.441 e. The summed E-state index contributed by atoms with van der Waals surface area (Å²) in [6.07, 6.45) is 0. The zero-order valence-electron chi connectivity index (χ0n) is 8.90. The lowest BCUT2D eigenvalue weighted by molar-refractivity contribution is 0.0699. The number of nitrogens with zero attached hydrogens (tertiary/aromatic N) is 1. The van der Waals surface area contributed by atoms with Crippen molar-refractivity contribution in [2.75, 3.05) is 0 Å². The molecule has 0 aliphatic rings. The van der Waals surface area contributed by atoms with Crippen molar-refractivity contribution in [2.45, 2.75) is 6.92 Å². The highest BCUT2D eigenvalue weighted by Gasteiger charge is 2.17. The molecule has 2 rings (SSSR count). The number of amides is 1. The number of nitrogens with one attached hydrogen (secondary N) is 1. The lowest BCUT2D eigenvalue weighted by Crippen LogP contribution is -2.19. The molecule has 1 heterocycles. The van der Waals surface area contributed by atoms with Gasteiger partial charge >= 0.3 is 0 Å². The number of hydrogen-bond donors (Lipinski definition) is 2. The molecule has 0 spiro atoms. The molecule has 0 radical (unpaired) electrons. The van der Waals surface area contributed by atoms with E-state index in [1.54, 1.807) is 31.2 Å². The maximum Gasteiger partial charge on any atom is 0.296 e. The Morgan fingerprint density at radius 2 is 2.06 bits per heavy atom. The van der Waals surface area contributed by atoms with Crippen LogP contribution in [0.15, 0.2) is 28.7 Å². The van der Waals surface area contributed by atoms with Crippen molar-refractivity contribution < 1.29 is 14.4 Å². The van der Waals surface area contributed by atoms with E-state index in [4.69, 9.17) is 21.2 Å². The first-order chi connectivity index (χ1) is 8.11. The molecule has 6 heteroatoms. The van der Waals surface area contributed by atoms with Crippen LogP contribution in [0, 0.1) is 6.92 Å². The number of rotatable bonds is 2. The van der Waals surface area contributed by atoms with Crippen LogP contribution < -0.4 is 5.48 Å². The van der Waals surface area contributed by atoms with Gasteiger partial charge in [-0.25, -0.2) is 10.5 Å². The Bertz CT molecular complexity index is 548. The fourth-order valence-electron chi connectivity index (χ4n) is 1.38. The van der Waals surface area contributed by atoms with E-state index in [0.29, 0.717) is 22.2 Å². The van der Waals surface area contributed by atoms with Gasteiger partial charge in [0, 0.05) is 10.6 Å². The number of aromatic nitrogens is 1. The molecule has 88 valence electrons. The van der Waals surface area contributed by atoms with Gasteiger partial charge in [-0.15, -0.1) is 0 Å². The first-order valence-corrected chi connectivity index (χ1v) is 5.17. The predicted molar refractivity (Wildman–Crippen MR) is 60.9 cm³/mol. The van der Waals surface area contributed by atoms with Crippen molar-refractivity contribution >= 4 is 17.5 Å². The number of aryl methyl sites for hydroxylation is 1. The SMILES string of the molecule is Cc1oc(-c2ccc(Cl)cc2)nc1C(=O)NO. The van der Waals surface area contributed by atoms with E-state index in [1.165, 1.54) is 5.48 Å². The smallest absolute Gasteiger partial charge is 0.296 e. The van der Waals surface area contributed by atoms with Gasteiger partial charge in [0.05, 0.1) is 0 Å². The highest BCUT2D eigenvalue weighted by molar-refractivity contribution is 6.30. The zero-order valence-corrected chi connectivity index (χ0v) is 9.65. The molecule has 0 atom stereocenters. The highest BCUT2D eigenvalue weighted by atomic mass is 35.5. The molecule has 0 saturated carbocycles. The summed E-state index contributed by atoms with van der Waals surface area (Å²) in [5.74, 6) is -0.0641. The standard InChI is InChI=1S/C11H9ClN2O3/c1-6-9(10(15)14-16)13-11(17-6)7-2-4-8(12)5-3-7/h2-5,16H,1H3,(H,14,15). The van der Waals surface area contributed by atoms with Gasteiger partial charge in [-0.2, -0.15) is 0 Å². The fraction of sp³-hybridized carbons (Fsp3) is 0.0909. The first-order valence-electron chi connectivity index (χ1n) is 4.79. The summed E-state index contributed by atoms with van der Waals surface area (Å²) in [6, 6.07) is 6.85. The Morgan fingerprint density at radius 1 is 1.41 bits per heavy atom. The Morgan fingerprint density at radius 3 is 2.65 bits per heavy atom. The highest BCUT2D eigenvalue weighted by Crippen LogP contribution is 2.23. The maximum absolute atomic E-state index is 11.2. The lowest BCUT2D eigenvalue weighted by atomic mass is 10.2. The number of halogens is 1. The minimum Gasteiger partial charge on any atom is -0.441 e. The third-order valence-electron chi connectivity index (χ3n) is 2.20. The maximum atomic E-state index is 11.2. The summed E-state index contributed by atoms with van der Waals surface area (Å²) in [7, 11) is 0. The van der Waals surface area contributed by atoms with Gasteiger partial charge < -0.3 is 4.42 Å². The van der Waals surface area contributed by atoms with Crippen LogP contribution in [0.5, 0.6) is 0 Å². The van der Waals surface area contributed by atoms with Crippen LogP contribution in [0.1, 0.15) is 16.2 Å². The molecular formula is C11H9ClN2O3. The Balaban J connectivity index is 2.41. The molecule has 0 unspecified atom stereocenters. The number of hydrogen-bond acceptors (Lipinski definition) is 4. The number of oxazole rings is 1. The van der Waals surface area contributed by atoms with E-state index in [9.17, 15) is 4.79 Å². The fourth-order valence-corrected chi connectivity index (χ4v) is 1.50. The van der Waals surface area contributed by atoms with Crippen LogP contribution >= 0.6 is 11.6 Å². The van der Waals surface area contributed by atoms with E-state index in [1.807, 2.05) is 0 Å². The topological polar surface area (TPSA) is 75.4 Å². The Labute approximate surface area is 102 Å². The van der Waals surface area contributed by atoms with Gasteiger partial charge in [-0.1, -0.05) is 11.6 Å². The van der Waals surface area contributed by atoms with E-state index in [2.05, 4.69) is 4.98 Å². The number of carbonyl (C=O) groups excluding carboxylic acids is 1. The summed E-state index contributed by atoms with van der Waals surface area (Å²) in [5, 5.41) is 9.13. The minimum atomic E-state index is -0.702. The van der Waals surface area contributed by atoms with Gasteiger partial charge in [0.25, 0.3) is 5.91 Å². The summed E-state index contributed by atoms with van der Waals surface area (Å²) in [4.78, 5) is 15.2. The minimum absolute atomic E-state index is 0.0532. The molecule has 0 aliphatic heterocycles. The molecule has 5 nitrogen and oxygen atoms in total. The van der Waals surface area contributed by atoms with Crippen LogP contribution in [-0.2, 0) is 0 Å². The third-order valence-corrected chi connectivity index (χ3v) is 2.46. The van der Waals surface area contributed by atoms with Gasteiger partial charge in [0.15, 0.2) is 5.69 Å². The van der Waals surface area contributed by atoms with E-state index >= 15 is 0 Å². The number of carbonyl (C=O) groups is 1. The second kappa shape index (κ2) is 4.57. The van der Waals surface area contributed by atoms with E-state index < -0.39 is 5.91 Å². The molecule has 0 aliphatic carbocycles. The molecular weight excluding hydrogens is 244 g/mol. The summed E-state index contributed by atoms with van der Waals surface area (Å²) >= 11 is 5.76. The molecule has 2 aromatic rings. The van der Waals surface area contributed by atoms with E-state index in [-0.39, 0.29) is 5.69 Å². The van der Waals surface area contributed by atoms with Crippen LogP contribution in [0.25, 0.3) is 11.5 Å². The van der Waals surface area contributed by atoms with Crippen molar-refractivity contribution in [3.05, 3.63) is 40.7 Å². The van der Waals surface area contributed by atoms with E-state index in [0.717, 1.165) is 0 Å². The first kappa shape index (κ1) is 11.6. The second-order valence-electron chi connectivity index (χ2n) is 3.37. The zero-order chi connectivity index (χ0) is 12.4. The van der Waals surface area contributed by atoms with Crippen molar-refractivity contribution in [1.29, 1.82) is 0 Å². The van der Waals surface area contributed by atoms with Crippen LogP contribution in [0.4, 0.5) is 0 Å². The van der Waals surface area contributed by atoms with Crippen molar-refractivity contribution in [1.82, 2.24) is 10.5 Å². The molecule has 1 aromatic heterocycles. The van der Waals surface area contributed by atoms with Gasteiger partial charge in [-0.3, -0.25) is 10.0 Å². The van der Waals surface area contributed by atoms with Crippen LogP contribution in [0.2, 0.25) is 5.02 Å². The monoisotopic (exact) mass is 252 g/mol. The third kappa shape index (κ3) is 2.30. The Kier molecular flexibility index (Phi) is 3.12. The average Bonchev–Trinajstić information content (AvgIpc) is 2.71. The second-order valence-corrected chi connectivity index (χ2v) is 3.81. The van der Waals surface area contributed by atoms with Gasteiger partial charge in [-0.05, 0) is 31.2 Å². The van der Waals surface area contributed by atoms with Crippen molar-refractivity contribution in [3.8, 4) is 11.5 Å². The predicted octanol–water partition coefficient (Wildman–Crippen LogP) is 2.42. The lowest BCUT2D eigenvalue weighted by Gasteiger charge is -1.94. The molecule has 1 amide bonds. The summed E-state index contributed by atoms with van der Waals surface area (Å²) in [5.41, 5.74) is 2.27. The number of hydroxylamine groups is 1. The van der Waals surface area contributed by atoms with Crippen LogP contribution in [0.3, 0.4) is 0 Å². The van der Waals surface area contributed by atoms with Crippen molar-refractivity contribution in [3.63, 3.8) is 0 Å².